The van der Waals surface area contributed by atoms with Gasteiger partial charge in [-0.25, -0.2) is 4.68 Å². The number of rotatable bonds is 8. The molecule has 0 aliphatic carbocycles. The smallest absolute Gasteiger partial charge is 0.255 e. The van der Waals surface area contributed by atoms with Crippen molar-refractivity contribution in [1.82, 2.24) is 35.7 Å². The zero-order valence-corrected chi connectivity index (χ0v) is 20.7. The third-order valence-electron chi connectivity index (χ3n) is 6.71. The summed E-state index contributed by atoms with van der Waals surface area (Å²) >= 11 is 0. The highest BCUT2D eigenvalue weighted by Crippen LogP contribution is 2.29. The van der Waals surface area contributed by atoms with Crippen molar-refractivity contribution < 1.29 is 19.2 Å². The van der Waals surface area contributed by atoms with Crippen molar-refractivity contribution in [3.05, 3.63) is 83.2 Å². The van der Waals surface area contributed by atoms with Gasteiger partial charge in [0.15, 0.2) is 5.82 Å². The van der Waals surface area contributed by atoms with Gasteiger partial charge < -0.3 is 10.2 Å². The lowest BCUT2D eigenvalue weighted by molar-refractivity contribution is -0.136. The number of anilines is 1. The molecule has 2 aliphatic heterocycles. The van der Waals surface area contributed by atoms with Crippen molar-refractivity contribution in [3.8, 4) is 0 Å². The molecule has 0 saturated carbocycles. The highest BCUT2D eigenvalue weighted by Gasteiger charge is 2.39. The van der Waals surface area contributed by atoms with Crippen LogP contribution >= 0.6 is 0 Å². The molecule has 5 rings (SSSR count). The first-order chi connectivity index (χ1) is 18.3. The fourth-order valence-electron chi connectivity index (χ4n) is 4.72. The lowest BCUT2D eigenvalue weighted by atomic mass is 10.0. The van der Waals surface area contributed by atoms with Gasteiger partial charge >= 0.3 is 0 Å². The van der Waals surface area contributed by atoms with E-state index in [0.29, 0.717) is 36.6 Å². The topological polar surface area (TPSA) is 151 Å². The Balaban J connectivity index is 1.33. The maximum absolute atomic E-state index is 13.2. The maximum Gasteiger partial charge on any atom is 0.255 e. The van der Waals surface area contributed by atoms with Gasteiger partial charge in [-0.05, 0) is 57.8 Å². The number of hydrogen-bond donors (Lipinski definition) is 3. The van der Waals surface area contributed by atoms with E-state index in [9.17, 15) is 19.2 Å². The fraction of sp³-hybridized carbons (Fsp3) is 0.269. The van der Waals surface area contributed by atoms with Crippen LogP contribution in [-0.2, 0) is 34.5 Å². The highest BCUT2D eigenvalue weighted by atomic mass is 16.2. The Morgan fingerprint density at radius 2 is 2.00 bits per heavy atom. The number of carbonyl (C=O) groups excluding carboxylic acids is 4. The van der Waals surface area contributed by atoms with Crippen LogP contribution in [-0.4, -0.2) is 54.8 Å². The van der Waals surface area contributed by atoms with Gasteiger partial charge in [0.25, 0.3) is 5.91 Å². The van der Waals surface area contributed by atoms with Gasteiger partial charge in [-0.2, -0.15) is 0 Å². The van der Waals surface area contributed by atoms with Crippen molar-refractivity contribution in [2.75, 3.05) is 5.32 Å². The molecule has 3 N–H and O–H groups in total. The Labute approximate surface area is 218 Å². The largest absolute Gasteiger partial charge is 0.323 e. The quantitative estimate of drug-likeness (QED) is 0.297. The number of benzene rings is 2. The molecule has 38 heavy (non-hydrogen) atoms. The minimum absolute atomic E-state index is 0.214. The number of hydrogen-bond acceptors (Lipinski definition) is 8. The molecule has 3 heterocycles. The highest BCUT2D eigenvalue weighted by molar-refractivity contribution is 6.05. The second-order valence-corrected chi connectivity index (χ2v) is 9.18. The van der Waals surface area contributed by atoms with Crippen molar-refractivity contribution in [1.29, 1.82) is 0 Å². The monoisotopic (exact) mass is 514 g/mol. The second-order valence-electron chi connectivity index (χ2n) is 9.18. The third kappa shape index (κ3) is 4.93. The molecule has 12 nitrogen and oxygen atoms in total. The SMILES string of the molecule is C=CC(=O)Nc1ccc(C(NCc2ccc3c(c2)C(=O)N(C2CCC(=O)NC2=O)C3)c2nnnn2C)cc1. The molecule has 1 saturated heterocycles. The molecule has 1 aromatic heterocycles. The number of carbonyl (C=O) groups is 4. The van der Waals surface area contributed by atoms with Crippen LogP contribution < -0.4 is 16.0 Å². The summed E-state index contributed by atoms with van der Waals surface area (Å²) in [5.41, 5.74) is 3.77. The number of aromatic nitrogens is 4. The predicted octanol–water partition coefficient (Wildman–Crippen LogP) is 0.975. The van der Waals surface area contributed by atoms with Crippen LogP contribution in [0.3, 0.4) is 0 Å². The summed E-state index contributed by atoms with van der Waals surface area (Å²) in [4.78, 5) is 50.1. The van der Waals surface area contributed by atoms with Gasteiger partial charge in [0.05, 0.1) is 6.04 Å². The molecule has 1 fully saturated rings. The van der Waals surface area contributed by atoms with E-state index in [-0.39, 0.29) is 30.2 Å². The summed E-state index contributed by atoms with van der Waals surface area (Å²) in [5.74, 6) is -0.670. The van der Waals surface area contributed by atoms with Gasteiger partial charge in [0.1, 0.15) is 6.04 Å². The van der Waals surface area contributed by atoms with E-state index in [1.807, 2.05) is 30.3 Å². The van der Waals surface area contributed by atoms with Crippen LogP contribution in [0.5, 0.6) is 0 Å². The molecule has 2 atom stereocenters. The molecule has 0 radical (unpaired) electrons. The average Bonchev–Trinajstić information content (AvgIpc) is 3.48. The fourth-order valence-corrected chi connectivity index (χ4v) is 4.72. The number of amides is 4. The zero-order valence-electron chi connectivity index (χ0n) is 20.7. The lowest BCUT2D eigenvalue weighted by Crippen LogP contribution is -2.52. The molecule has 12 heteroatoms. The van der Waals surface area contributed by atoms with Crippen LogP contribution in [0.1, 0.15) is 51.8 Å². The number of fused-ring (bicyclic) bond motifs is 1. The lowest BCUT2D eigenvalue weighted by Gasteiger charge is -2.29. The molecule has 2 unspecified atom stereocenters. The molecular weight excluding hydrogens is 488 g/mol. The molecule has 4 amide bonds. The number of aryl methyl sites for hydroxylation is 1. The predicted molar refractivity (Wildman–Crippen MR) is 135 cm³/mol. The Kier molecular flexibility index (Phi) is 6.79. The normalized spacial score (nSPS) is 17.7. The Morgan fingerprint density at radius 1 is 1.21 bits per heavy atom. The number of imide groups is 1. The first-order valence-corrected chi connectivity index (χ1v) is 12.1. The summed E-state index contributed by atoms with van der Waals surface area (Å²) in [6.45, 7) is 4.20. The summed E-state index contributed by atoms with van der Waals surface area (Å²) in [5, 5.41) is 20.4. The Morgan fingerprint density at radius 3 is 2.68 bits per heavy atom. The summed E-state index contributed by atoms with van der Waals surface area (Å²) in [6, 6.07) is 11.9. The Bertz CT molecular complexity index is 1430. The van der Waals surface area contributed by atoms with E-state index in [1.54, 1.807) is 23.9 Å². The van der Waals surface area contributed by atoms with E-state index in [0.717, 1.165) is 16.7 Å². The molecular formula is C26H26N8O4. The number of tetrazole rings is 1. The molecule has 194 valence electrons. The average molecular weight is 515 g/mol. The standard InChI is InChI=1S/C26H26N8O4/c1-3-21(35)28-18-8-6-16(7-9-18)23(24-30-31-32-33(24)2)27-13-15-4-5-17-14-34(26(38)19(17)12-15)20-10-11-22(36)29-25(20)37/h3-9,12,20,23,27H,1,10-11,13-14H2,2H3,(H,28,35)(H,29,36,37). The first kappa shape index (κ1) is 25.0. The van der Waals surface area contributed by atoms with Crippen molar-refractivity contribution in [3.63, 3.8) is 0 Å². The van der Waals surface area contributed by atoms with E-state index in [2.05, 4.69) is 38.1 Å². The molecule has 0 spiro atoms. The van der Waals surface area contributed by atoms with Gasteiger partial charge in [0, 0.05) is 37.8 Å². The minimum Gasteiger partial charge on any atom is -0.323 e. The van der Waals surface area contributed by atoms with Crippen molar-refractivity contribution in [2.45, 2.75) is 38.0 Å². The molecule has 2 aliphatic rings. The van der Waals surface area contributed by atoms with Crippen LogP contribution in [0.4, 0.5) is 5.69 Å². The van der Waals surface area contributed by atoms with Gasteiger partial charge in [-0.1, -0.05) is 30.8 Å². The van der Waals surface area contributed by atoms with E-state index >= 15 is 0 Å². The number of nitrogens with one attached hydrogen (secondary N) is 3. The molecule has 0 bridgehead atoms. The number of nitrogens with zero attached hydrogens (tertiary/aromatic N) is 5. The summed E-state index contributed by atoms with van der Waals surface area (Å²) in [7, 11) is 1.75. The number of piperidine rings is 1. The van der Waals surface area contributed by atoms with Crippen LogP contribution in [0.2, 0.25) is 0 Å². The summed E-state index contributed by atoms with van der Waals surface area (Å²) in [6.07, 6.45) is 1.74. The van der Waals surface area contributed by atoms with Crippen molar-refractivity contribution >= 4 is 29.3 Å². The third-order valence-corrected chi connectivity index (χ3v) is 6.71. The van der Waals surface area contributed by atoms with Crippen LogP contribution in [0.25, 0.3) is 0 Å². The maximum atomic E-state index is 13.2. The Hall–Kier alpha value is -4.71. The van der Waals surface area contributed by atoms with Crippen molar-refractivity contribution in [2.24, 2.45) is 7.05 Å². The minimum atomic E-state index is -0.652. The van der Waals surface area contributed by atoms with Crippen LogP contribution in [0.15, 0.2) is 55.1 Å². The van der Waals surface area contributed by atoms with E-state index < -0.39 is 11.9 Å². The zero-order chi connectivity index (χ0) is 26.8. The van der Waals surface area contributed by atoms with E-state index in [4.69, 9.17) is 0 Å². The molecule has 3 aromatic rings. The second kappa shape index (κ2) is 10.3. The first-order valence-electron chi connectivity index (χ1n) is 12.1. The molecule has 2 aromatic carbocycles. The van der Waals surface area contributed by atoms with Gasteiger partial charge in [-0.15, -0.1) is 5.10 Å². The van der Waals surface area contributed by atoms with Gasteiger partial charge in [-0.3, -0.25) is 29.8 Å². The van der Waals surface area contributed by atoms with Crippen LogP contribution in [0, 0.1) is 0 Å². The van der Waals surface area contributed by atoms with E-state index in [1.165, 1.54) is 11.0 Å². The van der Waals surface area contributed by atoms with Gasteiger partial charge in [0.2, 0.25) is 17.7 Å². The summed E-state index contributed by atoms with van der Waals surface area (Å²) < 4.78 is 1.58.